The standard InChI is InChI=1S/C12H28N4O8S4/c1-7-11(4)27(21,22)15-16(14-26(19,20)8-10(2)3)28(23,24)12(5,6)9-13-25(17)18/h10-11,14-15H,7-9H2,1-6H3. The molecular formula is C12H28N4O8S4. The second-order valence-electron chi connectivity index (χ2n) is 7.16. The minimum absolute atomic E-state index is 0.0878. The molecule has 0 spiro atoms. The third-order valence-electron chi connectivity index (χ3n) is 3.58. The summed E-state index contributed by atoms with van der Waals surface area (Å²) in [7, 11) is -16.2. The summed E-state index contributed by atoms with van der Waals surface area (Å²) in [5.41, 5.74) is 0. The average molecular weight is 485 g/mol. The fourth-order valence-electron chi connectivity index (χ4n) is 1.68. The zero-order valence-electron chi connectivity index (χ0n) is 16.6. The first-order chi connectivity index (χ1) is 12.4. The van der Waals surface area contributed by atoms with E-state index in [0.717, 1.165) is 13.8 Å². The van der Waals surface area contributed by atoms with Gasteiger partial charge in [0.2, 0.25) is 30.1 Å². The van der Waals surface area contributed by atoms with Gasteiger partial charge in [-0.05, 0) is 37.6 Å². The van der Waals surface area contributed by atoms with Gasteiger partial charge in [-0.2, -0.15) is 12.8 Å². The van der Waals surface area contributed by atoms with Crippen molar-refractivity contribution in [3.05, 3.63) is 0 Å². The number of nitrogens with zero attached hydrogens (tertiary/aromatic N) is 2. The van der Waals surface area contributed by atoms with Crippen LogP contribution in [0.15, 0.2) is 4.36 Å². The molecule has 0 aromatic carbocycles. The summed E-state index contributed by atoms with van der Waals surface area (Å²) >= 11 is 0. The lowest BCUT2D eigenvalue weighted by Crippen LogP contribution is -2.62. The zero-order valence-corrected chi connectivity index (χ0v) is 19.8. The van der Waals surface area contributed by atoms with E-state index in [2.05, 4.69) is 4.36 Å². The number of hydrogen-bond donors (Lipinski definition) is 2. The number of hydrogen-bond acceptors (Lipinski definition) is 9. The first kappa shape index (κ1) is 27.4. The molecule has 168 valence electrons. The molecule has 2 N–H and O–H groups in total. The van der Waals surface area contributed by atoms with Crippen LogP contribution in [0.1, 0.15) is 48.0 Å². The van der Waals surface area contributed by atoms with E-state index in [4.69, 9.17) is 0 Å². The molecule has 0 radical (unpaired) electrons. The molecule has 0 aliphatic heterocycles. The van der Waals surface area contributed by atoms with Crippen LogP contribution in [0.25, 0.3) is 0 Å². The molecule has 0 rings (SSSR count). The largest absolute Gasteiger partial charge is 0.311 e. The van der Waals surface area contributed by atoms with Gasteiger partial charge in [0.15, 0.2) is 0 Å². The highest BCUT2D eigenvalue weighted by Crippen LogP contribution is 2.21. The predicted molar refractivity (Wildman–Crippen MR) is 105 cm³/mol. The van der Waals surface area contributed by atoms with E-state index in [0.29, 0.717) is 0 Å². The maximum Gasteiger partial charge on any atom is 0.311 e. The van der Waals surface area contributed by atoms with Gasteiger partial charge in [0.1, 0.15) is 4.75 Å². The molecule has 16 heteroatoms. The van der Waals surface area contributed by atoms with E-state index in [1.165, 1.54) is 6.92 Å². The van der Waals surface area contributed by atoms with Crippen LogP contribution in [-0.4, -0.2) is 60.5 Å². The Balaban J connectivity index is 6.26. The van der Waals surface area contributed by atoms with Gasteiger partial charge in [0, 0.05) is 0 Å². The lowest BCUT2D eigenvalue weighted by molar-refractivity contribution is 0.328. The Morgan fingerprint density at radius 2 is 1.50 bits per heavy atom. The number of hydrazine groups is 2. The van der Waals surface area contributed by atoms with Crippen LogP contribution in [0.4, 0.5) is 0 Å². The minimum atomic E-state index is -4.75. The van der Waals surface area contributed by atoms with Crippen LogP contribution in [0, 0.1) is 5.92 Å². The second-order valence-corrected chi connectivity index (χ2v) is 14.1. The van der Waals surface area contributed by atoms with E-state index in [1.807, 2.05) is 0 Å². The number of rotatable bonds is 12. The monoisotopic (exact) mass is 484 g/mol. The Kier molecular flexibility index (Phi) is 9.67. The first-order valence-corrected chi connectivity index (χ1v) is 13.9. The third kappa shape index (κ3) is 8.00. The van der Waals surface area contributed by atoms with Crippen LogP contribution < -0.4 is 9.66 Å². The normalized spacial score (nSPS) is 15.0. The van der Waals surface area contributed by atoms with Gasteiger partial charge < -0.3 is 0 Å². The molecule has 0 aromatic rings. The summed E-state index contributed by atoms with van der Waals surface area (Å²) in [6.45, 7) is 7.44. The summed E-state index contributed by atoms with van der Waals surface area (Å²) in [5, 5.41) is -1.03. The molecule has 1 unspecified atom stereocenters. The van der Waals surface area contributed by atoms with Gasteiger partial charge in [0.05, 0.1) is 17.5 Å². The van der Waals surface area contributed by atoms with Crippen molar-refractivity contribution in [3.63, 3.8) is 0 Å². The summed E-state index contributed by atoms with van der Waals surface area (Å²) in [6.07, 6.45) is 0.135. The van der Waals surface area contributed by atoms with Crippen LogP contribution in [-0.2, 0) is 40.6 Å². The topological polar surface area (TPSA) is 176 Å². The molecule has 12 nitrogen and oxygen atoms in total. The SMILES string of the molecule is CCC(C)S(=O)(=O)NN(NS(=O)(=O)CC(C)C)S(=O)(=O)C(C)(C)CN=S(=O)=O. The van der Waals surface area contributed by atoms with Crippen molar-refractivity contribution in [3.8, 4) is 0 Å². The molecule has 0 bridgehead atoms. The first-order valence-electron chi connectivity index (χ1n) is 8.21. The van der Waals surface area contributed by atoms with E-state index >= 15 is 0 Å². The maximum absolute atomic E-state index is 12.9. The molecule has 0 saturated carbocycles. The Hall–Kier alpha value is -0.650. The molecule has 0 amide bonds. The zero-order chi connectivity index (χ0) is 22.6. The molecular weight excluding hydrogens is 456 g/mol. The average Bonchev–Trinajstić information content (AvgIpc) is 2.49. The number of sulfonamides is 3. The van der Waals surface area contributed by atoms with Crippen LogP contribution in [0.3, 0.4) is 0 Å². The third-order valence-corrected chi connectivity index (χ3v) is 9.74. The van der Waals surface area contributed by atoms with Crippen molar-refractivity contribution in [1.82, 2.24) is 14.2 Å². The lowest BCUT2D eigenvalue weighted by atomic mass is 10.2. The summed E-state index contributed by atoms with van der Waals surface area (Å²) < 4.78 is 97.4. The highest BCUT2D eigenvalue weighted by Gasteiger charge is 2.43. The molecule has 28 heavy (non-hydrogen) atoms. The van der Waals surface area contributed by atoms with Crippen molar-refractivity contribution in [2.24, 2.45) is 10.3 Å². The molecule has 0 saturated heterocycles. The van der Waals surface area contributed by atoms with Crippen LogP contribution in [0.2, 0.25) is 0 Å². The fraction of sp³-hybridized carbons (Fsp3) is 1.00. The quantitative estimate of drug-likeness (QED) is 0.351. The number of nitrogens with one attached hydrogen (secondary N) is 2. The van der Waals surface area contributed by atoms with Crippen molar-refractivity contribution in [1.29, 1.82) is 0 Å². The summed E-state index contributed by atoms with van der Waals surface area (Å²) in [5.74, 6) is -0.849. The Morgan fingerprint density at radius 3 is 1.89 bits per heavy atom. The predicted octanol–water partition coefficient (Wildman–Crippen LogP) is -0.417. The molecule has 0 heterocycles. The van der Waals surface area contributed by atoms with Gasteiger partial charge in [-0.15, -0.1) is 9.66 Å². The highest BCUT2D eigenvalue weighted by molar-refractivity contribution is 7.94. The van der Waals surface area contributed by atoms with Gasteiger partial charge in [-0.25, -0.2) is 25.3 Å². The van der Waals surface area contributed by atoms with Gasteiger partial charge in [-0.1, -0.05) is 20.8 Å². The Bertz CT molecular complexity index is 974. The Morgan fingerprint density at radius 1 is 1.00 bits per heavy atom. The van der Waals surface area contributed by atoms with Gasteiger partial charge in [0.25, 0.3) is 0 Å². The summed E-state index contributed by atoms with van der Waals surface area (Å²) in [6, 6.07) is 0. The highest BCUT2D eigenvalue weighted by atomic mass is 32.2. The van der Waals surface area contributed by atoms with Gasteiger partial charge >= 0.3 is 10.5 Å². The summed E-state index contributed by atoms with van der Waals surface area (Å²) in [4.78, 5) is 3.46. The molecule has 0 aliphatic rings. The molecule has 0 fully saturated rings. The van der Waals surface area contributed by atoms with E-state index in [-0.39, 0.29) is 16.9 Å². The minimum Gasteiger partial charge on any atom is -0.211 e. The maximum atomic E-state index is 12.9. The van der Waals surface area contributed by atoms with Gasteiger partial charge in [-0.3, -0.25) is 0 Å². The van der Waals surface area contributed by atoms with E-state index < -0.39 is 62.9 Å². The van der Waals surface area contributed by atoms with Crippen LogP contribution in [0.5, 0.6) is 0 Å². The van der Waals surface area contributed by atoms with Crippen molar-refractivity contribution in [2.45, 2.75) is 58.0 Å². The molecule has 0 aliphatic carbocycles. The van der Waals surface area contributed by atoms with Crippen LogP contribution >= 0.6 is 0 Å². The fourth-order valence-corrected chi connectivity index (χ4v) is 6.55. The van der Waals surface area contributed by atoms with Crippen molar-refractivity contribution < 1.29 is 33.7 Å². The Labute approximate surface area is 168 Å². The smallest absolute Gasteiger partial charge is 0.211 e. The lowest BCUT2D eigenvalue weighted by Gasteiger charge is -2.31. The van der Waals surface area contributed by atoms with Crippen molar-refractivity contribution >= 4 is 40.6 Å². The second kappa shape index (κ2) is 9.90. The van der Waals surface area contributed by atoms with E-state index in [9.17, 15) is 33.7 Å². The molecule has 0 aromatic heterocycles. The van der Waals surface area contributed by atoms with E-state index in [1.54, 1.807) is 30.4 Å². The van der Waals surface area contributed by atoms with Crippen molar-refractivity contribution in [2.75, 3.05) is 12.3 Å². The molecule has 1 atom stereocenters.